The SMILES string of the molecule is OC(CC1Cc2ccccc21)c1ccc(Cl)cc1Br. The summed E-state index contributed by atoms with van der Waals surface area (Å²) < 4.78 is 0.875. The van der Waals surface area contributed by atoms with Gasteiger partial charge in [-0.05, 0) is 47.6 Å². The van der Waals surface area contributed by atoms with E-state index in [0.717, 1.165) is 22.9 Å². The second kappa shape index (κ2) is 5.28. The predicted octanol–water partition coefficient (Wildman–Crippen LogP) is 4.87. The van der Waals surface area contributed by atoms with E-state index >= 15 is 0 Å². The Hall–Kier alpha value is -0.830. The molecule has 1 nitrogen and oxygen atoms in total. The number of hydrogen-bond donors (Lipinski definition) is 1. The second-order valence-corrected chi connectivity index (χ2v) is 6.31. The van der Waals surface area contributed by atoms with Gasteiger partial charge >= 0.3 is 0 Å². The number of aliphatic hydroxyl groups excluding tert-OH is 1. The number of aliphatic hydroxyl groups is 1. The Labute approximate surface area is 126 Å². The third-order valence-corrected chi connectivity index (χ3v) is 4.71. The molecule has 0 bridgehead atoms. The van der Waals surface area contributed by atoms with Gasteiger partial charge in [0.25, 0.3) is 0 Å². The van der Waals surface area contributed by atoms with Gasteiger partial charge in [-0.1, -0.05) is 57.9 Å². The Balaban J connectivity index is 1.75. The van der Waals surface area contributed by atoms with E-state index in [1.165, 1.54) is 11.1 Å². The highest BCUT2D eigenvalue weighted by molar-refractivity contribution is 9.10. The lowest BCUT2D eigenvalue weighted by Gasteiger charge is -2.32. The highest BCUT2D eigenvalue weighted by atomic mass is 79.9. The molecule has 19 heavy (non-hydrogen) atoms. The summed E-state index contributed by atoms with van der Waals surface area (Å²) in [6.45, 7) is 0. The molecular weight excluding hydrogens is 324 g/mol. The van der Waals surface area contributed by atoms with Crippen molar-refractivity contribution in [3.63, 3.8) is 0 Å². The van der Waals surface area contributed by atoms with Crippen LogP contribution in [0.5, 0.6) is 0 Å². The van der Waals surface area contributed by atoms with Crippen LogP contribution in [0.25, 0.3) is 0 Å². The highest BCUT2D eigenvalue weighted by Gasteiger charge is 2.28. The molecule has 3 rings (SSSR count). The third-order valence-electron chi connectivity index (χ3n) is 3.79. The van der Waals surface area contributed by atoms with Crippen molar-refractivity contribution in [1.29, 1.82) is 0 Å². The maximum atomic E-state index is 10.4. The second-order valence-electron chi connectivity index (χ2n) is 5.02. The summed E-state index contributed by atoms with van der Waals surface area (Å²) in [4.78, 5) is 0. The first-order valence-electron chi connectivity index (χ1n) is 6.36. The summed E-state index contributed by atoms with van der Waals surface area (Å²) in [6, 6.07) is 14.0. The highest BCUT2D eigenvalue weighted by Crippen LogP contribution is 2.41. The molecule has 2 aromatic carbocycles. The van der Waals surface area contributed by atoms with Crippen molar-refractivity contribution in [3.8, 4) is 0 Å². The van der Waals surface area contributed by atoms with Gasteiger partial charge in [-0.2, -0.15) is 0 Å². The van der Waals surface area contributed by atoms with Crippen LogP contribution in [0.2, 0.25) is 5.02 Å². The van der Waals surface area contributed by atoms with Crippen molar-refractivity contribution < 1.29 is 5.11 Å². The average Bonchev–Trinajstić information content (AvgIpc) is 2.35. The number of hydrogen-bond acceptors (Lipinski definition) is 1. The minimum atomic E-state index is -0.454. The Bertz CT molecular complexity index is 611. The van der Waals surface area contributed by atoms with E-state index in [1.54, 1.807) is 0 Å². The molecule has 0 heterocycles. The van der Waals surface area contributed by atoms with Gasteiger partial charge in [0.05, 0.1) is 6.10 Å². The van der Waals surface area contributed by atoms with Gasteiger partial charge < -0.3 is 5.11 Å². The zero-order chi connectivity index (χ0) is 13.4. The summed E-state index contributed by atoms with van der Waals surface area (Å²) >= 11 is 9.39. The molecule has 3 heteroatoms. The monoisotopic (exact) mass is 336 g/mol. The summed E-state index contributed by atoms with van der Waals surface area (Å²) in [6.07, 6.45) is 1.38. The fraction of sp³-hybridized carbons (Fsp3) is 0.250. The zero-order valence-electron chi connectivity index (χ0n) is 10.3. The molecule has 1 N–H and O–H groups in total. The van der Waals surface area contributed by atoms with Crippen molar-refractivity contribution in [2.75, 3.05) is 0 Å². The van der Waals surface area contributed by atoms with Crippen LogP contribution in [-0.4, -0.2) is 5.11 Å². The topological polar surface area (TPSA) is 20.2 Å². The van der Waals surface area contributed by atoms with Crippen molar-refractivity contribution in [1.82, 2.24) is 0 Å². The minimum Gasteiger partial charge on any atom is -0.388 e. The lowest BCUT2D eigenvalue weighted by molar-refractivity contribution is 0.153. The standard InChI is InChI=1S/C16H14BrClO/c17-15-9-12(18)5-6-14(15)16(19)8-11-7-10-3-1-2-4-13(10)11/h1-6,9,11,16,19H,7-8H2. The zero-order valence-corrected chi connectivity index (χ0v) is 12.7. The number of fused-ring (bicyclic) bond motifs is 1. The molecular formula is C16H14BrClO. The average molecular weight is 338 g/mol. The van der Waals surface area contributed by atoms with Crippen molar-refractivity contribution >= 4 is 27.5 Å². The lowest BCUT2D eigenvalue weighted by Crippen LogP contribution is -2.19. The summed E-state index contributed by atoms with van der Waals surface area (Å²) in [5, 5.41) is 11.1. The fourth-order valence-electron chi connectivity index (χ4n) is 2.74. The predicted molar refractivity (Wildman–Crippen MR) is 81.6 cm³/mol. The number of rotatable bonds is 3. The van der Waals surface area contributed by atoms with Gasteiger partial charge in [0, 0.05) is 9.50 Å². The van der Waals surface area contributed by atoms with Gasteiger partial charge in [-0.25, -0.2) is 0 Å². The summed E-state index contributed by atoms with van der Waals surface area (Å²) in [5.74, 6) is 0.466. The number of halogens is 2. The van der Waals surface area contributed by atoms with Gasteiger partial charge in [0.1, 0.15) is 0 Å². The van der Waals surface area contributed by atoms with Crippen LogP contribution in [0.3, 0.4) is 0 Å². The minimum absolute atomic E-state index is 0.454. The smallest absolute Gasteiger partial charge is 0.0806 e. The molecule has 2 aromatic rings. The molecule has 2 atom stereocenters. The third kappa shape index (κ3) is 2.58. The van der Waals surface area contributed by atoms with Crippen LogP contribution in [0, 0.1) is 0 Å². The van der Waals surface area contributed by atoms with E-state index in [9.17, 15) is 5.11 Å². The quantitative estimate of drug-likeness (QED) is 0.847. The maximum Gasteiger partial charge on any atom is 0.0806 e. The molecule has 0 spiro atoms. The van der Waals surface area contributed by atoms with E-state index in [1.807, 2.05) is 18.2 Å². The maximum absolute atomic E-state index is 10.4. The molecule has 1 aliphatic rings. The van der Waals surface area contributed by atoms with Gasteiger partial charge in [0.15, 0.2) is 0 Å². The molecule has 0 radical (unpaired) electrons. The first kappa shape index (κ1) is 13.2. The first-order chi connectivity index (χ1) is 9.15. The van der Waals surface area contributed by atoms with Gasteiger partial charge in [-0.3, -0.25) is 0 Å². The van der Waals surface area contributed by atoms with E-state index < -0.39 is 6.10 Å². The van der Waals surface area contributed by atoms with Crippen LogP contribution in [0.15, 0.2) is 46.9 Å². The number of benzene rings is 2. The van der Waals surface area contributed by atoms with Crippen molar-refractivity contribution in [3.05, 3.63) is 68.7 Å². The van der Waals surface area contributed by atoms with E-state index in [2.05, 4.69) is 40.2 Å². The molecule has 0 saturated heterocycles. The molecule has 0 saturated carbocycles. The van der Waals surface area contributed by atoms with Gasteiger partial charge in [-0.15, -0.1) is 0 Å². The van der Waals surface area contributed by atoms with Crippen LogP contribution in [-0.2, 0) is 6.42 Å². The molecule has 0 amide bonds. The molecule has 0 fully saturated rings. The Morgan fingerprint density at radius 3 is 2.79 bits per heavy atom. The van der Waals surface area contributed by atoms with Crippen LogP contribution >= 0.6 is 27.5 Å². The largest absolute Gasteiger partial charge is 0.388 e. The molecule has 0 aliphatic heterocycles. The van der Waals surface area contributed by atoms with E-state index in [-0.39, 0.29) is 0 Å². The first-order valence-corrected chi connectivity index (χ1v) is 7.53. The molecule has 2 unspecified atom stereocenters. The normalized spacial score (nSPS) is 18.6. The van der Waals surface area contributed by atoms with Crippen molar-refractivity contribution in [2.45, 2.75) is 24.9 Å². The fourth-order valence-corrected chi connectivity index (χ4v) is 3.69. The van der Waals surface area contributed by atoms with Crippen LogP contribution in [0.4, 0.5) is 0 Å². The van der Waals surface area contributed by atoms with Crippen molar-refractivity contribution in [2.24, 2.45) is 0 Å². The van der Waals surface area contributed by atoms with Crippen LogP contribution in [0.1, 0.15) is 35.1 Å². The summed E-state index contributed by atoms with van der Waals surface area (Å²) in [5.41, 5.74) is 3.70. The Kier molecular flexibility index (Phi) is 3.66. The van der Waals surface area contributed by atoms with E-state index in [0.29, 0.717) is 10.9 Å². The summed E-state index contributed by atoms with van der Waals surface area (Å²) in [7, 11) is 0. The van der Waals surface area contributed by atoms with E-state index in [4.69, 9.17) is 11.6 Å². The molecule has 1 aliphatic carbocycles. The molecule has 0 aromatic heterocycles. The van der Waals surface area contributed by atoms with Gasteiger partial charge in [0.2, 0.25) is 0 Å². The Morgan fingerprint density at radius 1 is 1.26 bits per heavy atom. The molecule has 98 valence electrons. The lowest BCUT2D eigenvalue weighted by atomic mass is 9.74. The Morgan fingerprint density at radius 2 is 2.05 bits per heavy atom. The van der Waals surface area contributed by atoms with Crippen LogP contribution < -0.4 is 0 Å².